The molecule has 4 amide bonds. The van der Waals surface area contributed by atoms with Gasteiger partial charge in [-0.3, -0.25) is 19.3 Å². The molecule has 2 fully saturated rings. The monoisotopic (exact) mass is 582 g/mol. The van der Waals surface area contributed by atoms with Crippen molar-refractivity contribution < 1.29 is 28.3 Å². The summed E-state index contributed by atoms with van der Waals surface area (Å²) in [7, 11) is 3.68. The maximum Gasteiger partial charge on any atom is 0.414 e. The minimum absolute atomic E-state index is 0.0684. The van der Waals surface area contributed by atoms with Crippen LogP contribution in [0.5, 0.6) is 0 Å². The number of benzene rings is 2. The van der Waals surface area contributed by atoms with E-state index in [1.54, 1.807) is 17.0 Å². The molecule has 1 unspecified atom stereocenters. The Morgan fingerprint density at radius 2 is 1.76 bits per heavy atom. The second kappa shape index (κ2) is 14.1. The van der Waals surface area contributed by atoms with Gasteiger partial charge in [-0.15, -0.1) is 0 Å². The largest absolute Gasteiger partial charge is 0.442 e. The van der Waals surface area contributed by atoms with Crippen LogP contribution in [-0.4, -0.2) is 99.6 Å². The number of piperazine rings is 1. The number of ether oxygens (including phenoxy) is 1. The molecule has 0 saturated carbocycles. The van der Waals surface area contributed by atoms with E-state index in [0.29, 0.717) is 56.9 Å². The molecule has 2 aliphatic rings. The molecule has 4 rings (SSSR count). The second-order valence-corrected chi connectivity index (χ2v) is 10.9. The van der Waals surface area contributed by atoms with Crippen LogP contribution in [0.4, 0.5) is 26.2 Å². The van der Waals surface area contributed by atoms with Gasteiger partial charge in [-0.2, -0.15) is 0 Å². The number of carbonyl (C=O) groups is 4. The van der Waals surface area contributed by atoms with Gasteiger partial charge in [-0.25, -0.2) is 9.18 Å². The first kappa shape index (κ1) is 30.8. The zero-order chi connectivity index (χ0) is 30.2. The number of cyclic esters (lactones) is 1. The van der Waals surface area contributed by atoms with Crippen LogP contribution in [-0.2, 0) is 25.5 Å². The highest BCUT2D eigenvalue weighted by molar-refractivity contribution is 5.92. The molecule has 2 aromatic carbocycles. The van der Waals surface area contributed by atoms with E-state index in [-0.39, 0.29) is 30.8 Å². The molecule has 0 bridgehead atoms. The summed E-state index contributed by atoms with van der Waals surface area (Å²) < 4.78 is 20.4. The molecular weight excluding hydrogens is 543 g/mol. The molecular formula is C30H39FN6O5. The lowest BCUT2D eigenvalue weighted by Gasteiger charge is -2.36. The van der Waals surface area contributed by atoms with E-state index < -0.39 is 18.0 Å². The third kappa shape index (κ3) is 8.41. The number of likely N-dealkylation sites (N-methyl/N-ethyl adjacent to an activating group) is 1. The van der Waals surface area contributed by atoms with E-state index >= 15 is 4.39 Å². The molecule has 0 spiro atoms. The van der Waals surface area contributed by atoms with Crippen LogP contribution in [0, 0.1) is 5.82 Å². The first-order valence-corrected chi connectivity index (χ1v) is 14.2. The Morgan fingerprint density at radius 1 is 1.05 bits per heavy atom. The summed E-state index contributed by atoms with van der Waals surface area (Å²) in [6.45, 7) is 4.15. The van der Waals surface area contributed by atoms with Gasteiger partial charge >= 0.3 is 6.09 Å². The topological polar surface area (TPSA) is 115 Å². The second-order valence-electron chi connectivity index (χ2n) is 10.9. The summed E-state index contributed by atoms with van der Waals surface area (Å²) in [6.07, 6.45) is 0.826. The number of carbonyl (C=O) groups excluding carboxylic acids is 4. The summed E-state index contributed by atoms with van der Waals surface area (Å²) in [4.78, 5) is 55.0. The number of anilines is 3. The Balaban J connectivity index is 1.20. The van der Waals surface area contributed by atoms with Crippen LogP contribution in [0.2, 0.25) is 0 Å². The lowest BCUT2D eigenvalue weighted by Crippen LogP contribution is -2.49. The SMILES string of the molecule is CC(=O)NCC1CN(c2ccc(N3CCN(C(=O)CCCc4ccc(NC(=O)CN(C)C)cc4)CC3)c(F)c2)C(=O)O1. The summed E-state index contributed by atoms with van der Waals surface area (Å²) >= 11 is 0. The van der Waals surface area contributed by atoms with E-state index in [0.717, 1.165) is 17.7 Å². The molecule has 0 radical (unpaired) electrons. The summed E-state index contributed by atoms with van der Waals surface area (Å²) in [5, 5.41) is 5.48. The van der Waals surface area contributed by atoms with Gasteiger partial charge < -0.3 is 30.1 Å². The maximum absolute atomic E-state index is 15.1. The van der Waals surface area contributed by atoms with E-state index in [1.165, 1.54) is 17.9 Å². The van der Waals surface area contributed by atoms with Crippen LogP contribution in [0.15, 0.2) is 42.5 Å². The van der Waals surface area contributed by atoms with Crippen molar-refractivity contribution in [2.45, 2.75) is 32.3 Å². The van der Waals surface area contributed by atoms with E-state index in [9.17, 15) is 19.2 Å². The number of nitrogens with zero attached hydrogens (tertiary/aromatic N) is 4. The predicted octanol–water partition coefficient (Wildman–Crippen LogP) is 2.46. The van der Waals surface area contributed by atoms with Gasteiger partial charge in [0.15, 0.2) is 0 Å². The van der Waals surface area contributed by atoms with Gasteiger partial charge in [-0.05, 0) is 62.8 Å². The van der Waals surface area contributed by atoms with Gasteiger partial charge in [0.25, 0.3) is 0 Å². The Bertz CT molecular complexity index is 1280. The van der Waals surface area contributed by atoms with Crippen molar-refractivity contribution >= 4 is 40.9 Å². The molecule has 2 heterocycles. The Labute approximate surface area is 245 Å². The normalized spacial score (nSPS) is 16.9. The third-order valence-electron chi connectivity index (χ3n) is 7.22. The molecule has 42 heavy (non-hydrogen) atoms. The number of hydrogen-bond donors (Lipinski definition) is 2. The quantitative estimate of drug-likeness (QED) is 0.419. The molecule has 11 nitrogen and oxygen atoms in total. The van der Waals surface area contributed by atoms with Crippen LogP contribution < -0.4 is 20.4 Å². The fourth-order valence-electron chi connectivity index (χ4n) is 5.06. The van der Waals surface area contributed by atoms with Crippen molar-refractivity contribution in [1.29, 1.82) is 0 Å². The van der Waals surface area contributed by atoms with Gasteiger partial charge in [0.2, 0.25) is 17.7 Å². The molecule has 2 saturated heterocycles. The highest BCUT2D eigenvalue weighted by atomic mass is 19.1. The van der Waals surface area contributed by atoms with Gasteiger partial charge in [0.05, 0.1) is 31.0 Å². The van der Waals surface area contributed by atoms with Crippen molar-refractivity contribution in [3.8, 4) is 0 Å². The van der Waals surface area contributed by atoms with Crippen molar-refractivity contribution in [2.75, 3.05) is 75.0 Å². The number of hydrogen-bond acceptors (Lipinski definition) is 7. The number of halogens is 1. The summed E-state index contributed by atoms with van der Waals surface area (Å²) in [6, 6.07) is 12.3. The first-order valence-electron chi connectivity index (χ1n) is 14.2. The van der Waals surface area contributed by atoms with Crippen LogP contribution >= 0.6 is 0 Å². The summed E-state index contributed by atoms with van der Waals surface area (Å²) in [5.74, 6) is -0.651. The number of rotatable bonds is 11. The fraction of sp³-hybridized carbons (Fsp3) is 0.467. The van der Waals surface area contributed by atoms with Crippen molar-refractivity contribution in [3.05, 3.63) is 53.8 Å². The number of aryl methyl sites for hydroxylation is 1. The van der Waals surface area contributed by atoms with Crippen LogP contribution in [0.1, 0.15) is 25.3 Å². The highest BCUT2D eigenvalue weighted by Gasteiger charge is 2.33. The molecule has 2 N–H and O–H groups in total. The lowest BCUT2D eigenvalue weighted by molar-refractivity contribution is -0.131. The van der Waals surface area contributed by atoms with Crippen molar-refractivity contribution in [1.82, 2.24) is 15.1 Å². The van der Waals surface area contributed by atoms with Gasteiger partial charge in [0, 0.05) is 45.2 Å². The van der Waals surface area contributed by atoms with E-state index in [4.69, 9.17) is 4.74 Å². The maximum atomic E-state index is 15.1. The van der Waals surface area contributed by atoms with Crippen LogP contribution in [0.25, 0.3) is 0 Å². The molecule has 226 valence electrons. The molecule has 2 aromatic rings. The Morgan fingerprint density at radius 3 is 2.40 bits per heavy atom. The molecule has 1 atom stereocenters. The van der Waals surface area contributed by atoms with E-state index in [1.807, 2.05) is 48.2 Å². The zero-order valence-corrected chi connectivity index (χ0v) is 24.4. The first-order chi connectivity index (χ1) is 20.1. The average molecular weight is 583 g/mol. The number of amides is 4. The third-order valence-corrected chi connectivity index (χ3v) is 7.22. The average Bonchev–Trinajstić information content (AvgIpc) is 3.32. The predicted molar refractivity (Wildman–Crippen MR) is 158 cm³/mol. The van der Waals surface area contributed by atoms with Gasteiger partial charge in [0.1, 0.15) is 11.9 Å². The highest BCUT2D eigenvalue weighted by Crippen LogP contribution is 2.28. The van der Waals surface area contributed by atoms with E-state index in [2.05, 4.69) is 10.6 Å². The zero-order valence-electron chi connectivity index (χ0n) is 24.4. The molecule has 0 aliphatic carbocycles. The Hall–Kier alpha value is -4.19. The van der Waals surface area contributed by atoms with Crippen LogP contribution in [0.3, 0.4) is 0 Å². The van der Waals surface area contributed by atoms with Crippen molar-refractivity contribution in [2.24, 2.45) is 0 Å². The Kier molecular flexibility index (Phi) is 10.3. The standard InChI is InChI=1S/C30H39FN6O5/c1-21(38)32-18-25-19-37(30(41)42-25)24-11-12-27(26(31)17-24)35-13-15-36(16-14-35)29(40)6-4-5-22-7-9-23(10-8-22)33-28(39)20-34(2)3/h7-12,17,25H,4-6,13-16,18-20H2,1-3H3,(H,32,38)(H,33,39). The van der Waals surface area contributed by atoms with Crippen molar-refractivity contribution in [3.63, 3.8) is 0 Å². The molecule has 0 aromatic heterocycles. The lowest BCUT2D eigenvalue weighted by atomic mass is 10.1. The molecule has 2 aliphatic heterocycles. The number of nitrogens with one attached hydrogen (secondary N) is 2. The summed E-state index contributed by atoms with van der Waals surface area (Å²) in [5.41, 5.74) is 2.66. The fourth-order valence-corrected chi connectivity index (χ4v) is 5.06. The van der Waals surface area contributed by atoms with Gasteiger partial charge in [-0.1, -0.05) is 12.1 Å². The minimum atomic E-state index is -0.578. The molecule has 12 heteroatoms. The smallest absolute Gasteiger partial charge is 0.414 e. The minimum Gasteiger partial charge on any atom is -0.442 e.